The Balaban J connectivity index is 1.70. The molecule has 6 nitrogen and oxygen atoms in total. The van der Waals surface area contributed by atoms with Crippen LogP contribution in [0.15, 0.2) is 24.4 Å². The van der Waals surface area contributed by atoms with Crippen molar-refractivity contribution in [2.75, 3.05) is 20.1 Å². The Bertz CT molecular complexity index is 921. The summed E-state index contributed by atoms with van der Waals surface area (Å²) in [6.07, 6.45) is 4.18. The van der Waals surface area contributed by atoms with E-state index in [1.165, 1.54) is 22.0 Å². The van der Waals surface area contributed by atoms with E-state index in [2.05, 4.69) is 57.3 Å². The number of piperidine rings is 1. The Morgan fingerprint density at radius 3 is 2.81 bits per heavy atom. The first-order valence-electron chi connectivity index (χ1n) is 9.51. The van der Waals surface area contributed by atoms with E-state index in [-0.39, 0.29) is 6.04 Å². The van der Waals surface area contributed by atoms with Crippen LogP contribution >= 0.6 is 0 Å². The van der Waals surface area contributed by atoms with Crippen LogP contribution in [0.3, 0.4) is 0 Å². The Kier molecular flexibility index (Phi) is 4.59. The lowest BCUT2D eigenvalue weighted by atomic mass is 9.74. The molecule has 2 heterocycles. The maximum atomic E-state index is 12.2. The van der Waals surface area contributed by atoms with Crippen LogP contribution in [0, 0.1) is 0 Å². The predicted octanol–water partition coefficient (Wildman–Crippen LogP) is 1.82. The molecular weight excluding hydrogens is 348 g/mol. The quantitative estimate of drug-likeness (QED) is 0.837. The third kappa shape index (κ3) is 2.97. The minimum atomic E-state index is -3.44. The predicted molar refractivity (Wildman–Crippen MR) is 105 cm³/mol. The van der Waals surface area contributed by atoms with Gasteiger partial charge in [-0.15, -0.1) is 0 Å². The zero-order valence-corrected chi connectivity index (χ0v) is 16.5. The zero-order valence-electron chi connectivity index (χ0n) is 15.7. The number of likely N-dealkylation sites (tertiary alicyclic amines) is 1. The normalized spacial score (nSPS) is 26.2. The van der Waals surface area contributed by atoms with Gasteiger partial charge in [-0.3, -0.25) is 0 Å². The molecule has 7 heteroatoms. The van der Waals surface area contributed by atoms with Gasteiger partial charge in [-0.25, -0.2) is 4.72 Å². The largest absolute Gasteiger partial charge is 0.347 e. The lowest BCUT2D eigenvalue weighted by Gasteiger charge is -2.45. The lowest BCUT2D eigenvalue weighted by molar-refractivity contribution is 0.135. The summed E-state index contributed by atoms with van der Waals surface area (Å²) in [5, 5.41) is 1.39. The number of benzene rings is 1. The molecule has 0 unspecified atom stereocenters. The van der Waals surface area contributed by atoms with Crippen LogP contribution in [-0.2, 0) is 23.2 Å². The number of nitrogens with one attached hydrogen (secondary N) is 2. The van der Waals surface area contributed by atoms with Crippen LogP contribution in [0.5, 0.6) is 0 Å². The van der Waals surface area contributed by atoms with Gasteiger partial charge in [-0.1, -0.05) is 19.1 Å². The number of hydrogen-bond donors (Lipinski definition) is 2. The Morgan fingerprint density at radius 2 is 2.08 bits per heavy atom. The summed E-state index contributed by atoms with van der Waals surface area (Å²) in [6.45, 7) is 6.08. The topological polar surface area (TPSA) is 66.4 Å². The van der Waals surface area contributed by atoms with Gasteiger partial charge in [0.2, 0.25) is 0 Å². The monoisotopic (exact) mass is 376 g/mol. The maximum Gasteiger partial charge on any atom is 0.277 e. The van der Waals surface area contributed by atoms with E-state index < -0.39 is 10.2 Å². The second-order valence-corrected chi connectivity index (χ2v) is 9.08. The summed E-state index contributed by atoms with van der Waals surface area (Å²) in [6, 6.07) is 6.93. The number of aromatic nitrogens is 1. The molecule has 0 bridgehead atoms. The van der Waals surface area contributed by atoms with Crippen LogP contribution in [0.1, 0.15) is 37.3 Å². The number of aryl methyl sites for hydroxylation is 1. The SMILES string of the molecule is CCNS(=O)(=O)N[C@H]1C[C@@H]2c3cccc4c3c(cn4CC)C[C@H]2N(C)C1. The molecule has 3 atom stereocenters. The van der Waals surface area contributed by atoms with Crippen molar-refractivity contribution in [3.63, 3.8) is 0 Å². The maximum absolute atomic E-state index is 12.2. The Hall–Kier alpha value is -1.41. The smallest absolute Gasteiger partial charge is 0.277 e. The van der Waals surface area contributed by atoms with Crippen LogP contribution in [-0.4, -0.2) is 50.1 Å². The molecule has 1 saturated heterocycles. The first-order chi connectivity index (χ1) is 12.4. The third-order valence-corrected chi connectivity index (χ3v) is 7.23. The summed E-state index contributed by atoms with van der Waals surface area (Å²) in [4.78, 5) is 2.33. The minimum Gasteiger partial charge on any atom is -0.347 e. The molecule has 26 heavy (non-hydrogen) atoms. The van der Waals surface area contributed by atoms with Gasteiger partial charge in [0, 0.05) is 54.7 Å². The van der Waals surface area contributed by atoms with Gasteiger partial charge >= 0.3 is 0 Å². The van der Waals surface area contributed by atoms with Gasteiger partial charge in [0.05, 0.1) is 0 Å². The van der Waals surface area contributed by atoms with Crippen LogP contribution < -0.4 is 9.44 Å². The van der Waals surface area contributed by atoms with Crippen LogP contribution in [0.4, 0.5) is 0 Å². The highest BCUT2D eigenvalue weighted by Crippen LogP contribution is 2.43. The average molecular weight is 377 g/mol. The highest BCUT2D eigenvalue weighted by Gasteiger charge is 2.40. The van der Waals surface area contributed by atoms with E-state index in [1.54, 1.807) is 6.92 Å². The number of fused-ring (bicyclic) bond motifs is 2. The number of likely N-dealkylation sites (N-methyl/N-ethyl adjacent to an activating group) is 1. The summed E-state index contributed by atoms with van der Waals surface area (Å²) in [5.74, 6) is 0.354. The molecule has 0 amide bonds. The fourth-order valence-corrected chi connectivity index (χ4v) is 5.99. The molecule has 0 radical (unpaired) electrons. The second kappa shape index (κ2) is 6.64. The molecule has 2 aliphatic rings. The van der Waals surface area contributed by atoms with Crippen molar-refractivity contribution in [1.29, 1.82) is 0 Å². The Labute approximate surface area is 155 Å². The number of nitrogens with zero attached hydrogens (tertiary/aromatic N) is 2. The molecule has 1 aromatic carbocycles. The van der Waals surface area contributed by atoms with Crippen molar-refractivity contribution >= 4 is 21.1 Å². The van der Waals surface area contributed by atoms with Crippen LogP contribution in [0.2, 0.25) is 0 Å². The highest BCUT2D eigenvalue weighted by atomic mass is 32.2. The van der Waals surface area contributed by atoms with Crippen molar-refractivity contribution in [2.45, 2.75) is 51.2 Å². The lowest BCUT2D eigenvalue weighted by Crippen LogP contribution is -2.56. The van der Waals surface area contributed by atoms with Crippen molar-refractivity contribution in [3.8, 4) is 0 Å². The molecule has 2 N–H and O–H groups in total. The zero-order chi connectivity index (χ0) is 18.5. The molecule has 142 valence electrons. The molecule has 0 saturated carbocycles. The molecule has 1 aliphatic heterocycles. The molecule has 4 rings (SSSR count). The molecule has 0 spiro atoms. The van der Waals surface area contributed by atoms with Gasteiger partial charge in [0.25, 0.3) is 10.2 Å². The van der Waals surface area contributed by atoms with Crippen molar-refractivity contribution < 1.29 is 8.42 Å². The second-order valence-electron chi connectivity index (χ2n) is 7.55. The highest BCUT2D eigenvalue weighted by molar-refractivity contribution is 7.87. The third-order valence-electron chi connectivity index (χ3n) is 5.92. The number of rotatable bonds is 5. The van der Waals surface area contributed by atoms with Crippen molar-refractivity contribution in [2.24, 2.45) is 0 Å². The summed E-state index contributed by atoms with van der Waals surface area (Å²) >= 11 is 0. The fourth-order valence-electron chi connectivity index (χ4n) is 4.92. The van der Waals surface area contributed by atoms with E-state index in [4.69, 9.17) is 0 Å². The van der Waals surface area contributed by atoms with Crippen molar-refractivity contribution in [3.05, 3.63) is 35.5 Å². The molecular formula is C19H28N4O2S. The first kappa shape index (κ1) is 18.0. The molecule has 1 fully saturated rings. The van der Waals surface area contributed by atoms with E-state index in [0.29, 0.717) is 18.5 Å². The van der Waals surface area contributed by atoms with E-state index in [1.807, 2.05) is 0 Å². The van der Waals surface area contributed by atoms with Gasteiger partial charge in [0.15, 0.2) is 0 Å². The van der Waals surface area contributed by atoms with Crippen LogP contribution in [0.25, 0.3) is 10.9 Å². The molecule has 1 aromatic heterocycles. The summed E-state index contributed by atoms with van der Waals surface area (Å²) < 4.78 is 32.0. The van der Waals surface area contributed by atoms with E-state index in [9.17, 15) is 8.42 Å². The standard InChI is InChI=1S/C19H28N4O2S/c1-4-20-26(24,25)21-14-10-16-15-7-6-8-17-19(15)13(11-23(17)5-2)9-18(16)22(3)12-14/h6-8,11,14,16,18,20-21H,4-5,9-10,12H2,1-3H3/t14-,16+,18+/m0/s1. The Morgan fingerprint density at radius 1 is 1.27 bits per heavy atom. The summed E-state index contributed by atoms with van der Waals surface area (Å²) in [7, 11) is -1.32. The molecule has 1 aliphatic carbocycles. The minimum absolute atomic E-state index is 0.0737. The van der Waals surface area contributed by atoms with Gasteiger partial charge in [-0.05, 0) is 44.0 Å². The number of hydrogen-bond acceptors (Lipinski definition) is 3. The van der Waals surface area contributed by atoms with Gasteiger partial charge < -0.3 is 9.47 Å². The fraction of sp³-hybridized carbons (Fsp3) is 0.579. The van der Waals surface area contributed by atoms with Crippen molar-refractivity contribution in [1.82, 2.24) is 18.9 Å². The first-order valence-corrected chi connectivity index (χ1v) is 11.0. The molecule has 2 aromatic rings. The average Bonchev–Trinajstić information content (AvgIpc) is 2.95. The summed E-state index contributed by atoms with van der Waals surface area (Å²) in [5.41, 5.74) is 4.11. The van der Waals surface area contributed by atoms with Gasteiger partial charge in [0.1, 0.15) is 0 Å². The van der Waals surface area contributed by atoms with Gasteiger partial charge in [-0.2, -0.15) is 13.1 Å². The van der Waals surface area contributed by atoms with E-state index in [0.717, 1.165) is 25.9 Å². The van der Waals surface area contributed by atoms with E-state index >= 15 is 0 Å².